The summed E-state index contributed by atoms with van der Waals surface area (Å²) in [4.78, 5) is 16.0. The first-order valence-electron chi connectivity index (χ1n) is 17.6. The molecule has 2 fully saturated rings. The van der Waals surface area contributed by atoms with Gasteiger partial charge in [-0.25, -0.2) is 13.1 Å². The van der Waals surface area contributed by atoms with Crippen molar-refractivity contribution in [2.45, 2.75) is 108 Å². The molecule has 1 N–H and O–H groups in total. The Hall–Kier alpha value is -2.33. The molecule has 1 spiro atoms. The Morgan fingerprint density at radius 3 is 2.47 bits per heavy atom. The van der Waals surface area contributed by atoms with E-state index < -0.39 is 21.2 Å². The van der Waals surface area contributed by atoms with Gasteiger partial charge in [0.25, 0.3) is 5.91 Å². The van der Waals surface area contributed by atoms with Crippen molar-refractivity contribution in [1.82, 2.24) is 4.72 Å². The summed E-state index contributed by atoms with van der Waals surface area (Å²) >= 11 is 6.46. The Balaban J connectivity index is 1.29. The highest BCUT2D eigenvalue weighted by atomic mass is 35.5. The van der Waals surface area contributed by atoms with Gasteiger partial charge in [-0.05, 0) is 125 Å². The topological polar surface area (TPSA) is 94.2 Å². The number of rotatable bonds is 1. The van der Waals surface area contributed by atoms with Crippen LogP contribution >= 0.6 is 11.6 Å². The van der Waals surface area contributed by atoms with E-state index in [-0.39, 0.29) is 35.7 Å². The van der Waals surface area contributed by atoms with Crippen LogP contribution in [0.4, 0.5) is 5.69 Å². The van der Waals surface area contributed by atoms with E-state index in [2.05, 4.69) is 35.6 Å². The van der Waals surface area contributed by atoms with Gasteiger partial charge in [0.1, 0.15) is 5.75 Å². The number of carbonyl (C=O) groups excluding carboxylic acids is 1. The molecular weight excluding hydrogens is 636 g/mol. The molecule has 7 rings (SSSR count). The lowest BCUT2D eigenvalue weighted by Gasteiger charge is -2.47. The van der Waals surface area contributed by atoms with Gasteiger partial charge in [-0.1, -0.05) is 31.0 Å². The van der Waals surface area contributed by atoms with Crippen LogP contribution in [0.25, 0.3) is 0 Å². The zero-order valence-electron chi connectivity index (χ0n) is 28.0. The molecule has 5 aliphatic rings. The Morgan fingerprint density at radius 1 is 0.936 bits per heavy atom. The molecule has 1 saturated heterocycles. The molecule has 0 unspecified atom stereocenters. The summed E-state index contributed by atoms with van der Waals surface area (Å²) in [5.41, 5.74) is 3.50. The third-order valence-corrected chi connectivity index (χ3v) is 14.4. The van der Waals surface area contributed by atoms with Crippen molar-refractivity contribution >= 4 is 33.2 Å². The Labute approximate surface area is 284 Å². The van der Waals surface area contributed by atoms with Crippen LogP contribution < -0.4 is 14.4 Å². The summed E-state index contributed by atoms with van der Waals surface area (Å²) in [5, 5.41) is 0.0370. The van der Waals surface area contributed by atoms with E-state index in [0.29, 0.717) is 24.0 Å². The van der Waals surface area contributed by atoms with Gasteiger partial charge in [0, 0.05) is 35.0 Å². The number of carbonyl (C=O) groups is 1. The lowest BCUT2D eigenvalue weighted by atomic mass is 9.64. The fourth-order valence-corrected chi connectivity index (χ4v) is 10.4. The molecule has 0 radical (unpaired) electrons. The van der Waals surface area contributed by atoms with Gasteiger partial charge in [0.05, 0.1) is 29.8 Å². The molecule has 47 heavy (non-hydrogen) atoms. The zero-order chi connectivity index (χ0) is 33.1. The van der Waals surface area contributed by atoms with E-state index in [1.807, 2.05) is 25.1 Å². The molecule has 3 heterocycles. The van der Waals surface area contributed by atoms with Crippen molar-refractivity contribution < 1.29 is 27.4 Å². The highest BCUT2D eigenvalue weighted by Crippen LogP contribution is 2.49. The lowest BCUT2D eigenvalue weighted by molar-refractivity contribution is -0.137. The van der Waals surface area contributed by atoms with Gasteiger partial charge in [-0.15, -0.1) is 0 Å². The van der Waals surface area contributed by atoms with Crippen molar-refractivity contribution in [1.29, 1.82) is 0 Å². The summed E-state index contributed by atoms with van der Waals surface area (Å²) < 4.78 is 48.8. The number of amides is 1. The number of sulfonamides is 1. The van der Waals surface area contributed by atoms with Crippen molar-refractivity contribution in [3.63, 3.8) is 0 Å². The fourth-order valence-electron chi connectivity index (χ4n) is 8.85. The second-order valence-corrected chi connectivity index (χ2v) is 17.6. The third-order valence-electron chi connectivity index (χ3n) is 12.2. The Kier molecular flexibility index (Phi) is 9.07. The number of halogens is 1. The van der Waals surface area contributed by atoms with E-state index in [9.17, 15) is 13.2 Å². The monoisotopic (exact) mass is 684 g/mol. The number of benzene rings is 2. The molecule has 0 aromatic heterocycles. The maximum Gasteiger partial charge on any atom is 0.264 e. The number of anilines is 1. The summed E-state index contributed by atoms with van der Waals surface area (Å²) in [7, 11) is -3.89. The average molecular weight is 685 g/mol. The normalized spacial score (nSPS) is 37.1. The maximum absolute atomic E-state index is 13.5. The van der Waals surface area contributed by atoms with Gasteiger partial charge < -0.3 is 19.1 Å². The van der Waals surface area contributed by atoms with Gasteiger partial charge in [0.2, 0.25) is 10.0 Å². The molecule has 256 valence electrons. The van der Waals surface area contributed by atoms with E-state index >= 15 is 0 Å². The predicted molar refractivity (Wildman–Crippen MR) is 184 cm³/mol. The first kappa shape index (κ1) is 33.2. The summed E-state index contributed by atoms with van der Waals surface area (Å²) in [6, 6.07) is 11.6. The van der Waals surface area contributed by atoms with E-state index in [4.69, 9.17) is 25.8 Å². The summed E-state index contributed by atoms with van der Waals surface area (Å²) in [5.74, 6) is 1.09. The molecule has 8 nitrogen and oxygen atoms in total. The van der Waals surface area contributed by atoms with Crippen molar-refractivity contribution in [2.75, 3.05) is 24.6 Å². The van der Waals surface area contributed by atoms with Crippen LogP contribution in [0.2, 0.25) is 5.02 Å². The molecule has 2 aromatic rings. The minimum atomic E-state index is -3.89. The second kappa shape index (κ2) is 12.8. The Morgan fingerprint density at radius 2 is 1.72 bits per heavy atom. The fraction of sp³-hybridized carbons (Fsp3) is 0.649. The van der Waals surface area contributed by atoms with Crippen LogP contribution in [0, 0.1) is 23.7 Å². The highest BCUT2D eigenvalue weighted by Gasteiger charge is 2.48. The van der Waals surface area contributed by atoms with E-state index in [1.165, 1.54) is 11.1 Å². The highest BCUT2D eigenvalue weighted by molar-refractivity contribution is 7.90. The number of hydrogen-bond donors (Lipinski definition) is 1. The third kappa shape index (κ3) is 6.30. The molecule has 9 atom stereocenters. The van der Waals surface area contributed by atoms with Crippen LogP contribution in [0.1, 0.15) is 94.1 Å². The summed E-state index contributed by atoms with van der Waals surface area (Å²) in [6.45, 7) is 9.93. The lowest BCUT2D eigenvalue weighted by Crippen LogP contribution is -2.50. The molecule has 2 aliphatic carbocycles. The molecule has 3 aliphatic heterocycles. The second-order valence-electron chi connectivity index (χ2n) is 15.1. The van der Waals surface area contributed by atoms with Gasteiger partial charge >= 0.3 is 0 Å². The number of nitrogens with zero attached hydrogens (tertiary/aromatic N) is 1. The average Bonchev–Trinajstić information content (AvgIpc) is 3.28. The SMILES string of the molecule is C[C@@H]1O[C@H]([C@@H]2CCC[C@H](C)[C@@H](C)S(=O)(=O)NC(=O)c3ccc4c(c3)N(C[C@@H]3CC[C@H]32)C[C@@]2(CCCc3cc(Cl)ccc32)CO4)O[C@@H]1C. The standard InChI is InChI=1S/C37H49ClN2O6S/c1-22-7-5-9-31(36-45-23(2)24(3)46-36)30-13-10-28(30)19-40-20-37(16-6-8-26-17-29(38)12-14-32(26)37)21-44-34-15-11-27(18-33(34)40)35(41)39-47(42,43)25(22)4/h11-12,14-15,17-18,22-25,28,30-31,36H,5-10,13,16,19-21H2,1-4H3,(H,39,41)/t22-,23-,24+,25+,28-,30+,31+,36-,37-/m0/s1. The molecule has 10 heteroatoms. The van der Waals surface area contributed by atoms with Crippen molar-refractivity contribution in [2.24, 2.45) is 23.7 Å². The van der Waals surface area contributed by atoms with Crippen LogP contribution in [-0.4, -0.2) is 57.8 Å². The number of ether oxygens (including phenoxy) is 3. The van der Waals surface area contributed by atoms with Gasteiger partial charge in [-0.2, -0.15) is 0 Å². The molecule has 1 amide bonds. The summed E-state index contributed by atoms with van der Waals surface area (Å²) in [6.07, 6.45) is 7.63. The van der Waals surface area contributed by atoms with E-state index in [1.54, 1.807) is 13.0 Å². The number of aryl methyl sites for hydroxylation is 1. The first-order valence-corrected chi connectivity index (χ1v) is 19.5. The number of hydrogen-bond acceptors (Lipinski definition) is 7. The van der Waals surface area contributed by atoms with Crippen molar-refractivity contribution in [3.05, 3.63) is 58.1 Å². The smallest absolute Gasteiger partial charge is 0.264 e. The van der Waals surface area contributed by atoms with Crippen LogP contribution in [0.3, 0.4) is 0 Å². The van der Waals surface area contributed by atoms with Crippen LogP contribution in [-0.2, 0) is 31.3 Å². The quantitative estimate of drug-likeness (QED) is 0.350. The molecule has 2 aromatic carbocycles. The van der Waals surface area contributed by atoms with Gasteiger partial charge in [0.15, 0.2) is 6.29 Å². The minimum Gasteiger partial charge on any atom is -0.490 e. The van der Waals surface area contributed by atoms with Gasteiger partial charge in [-0.3, -0.25) is 4.79 Å². The molecule has 2 bridgehead atoms. The number of nitrogens with one attached hydrogen (secondary N) is 1. The largest absolute Gasteiger partial charge is 0.490 e. The molecule has 1 saturated carbocycles. The van der Waals surface area contributed by atoms with Crippen LogP contribution in [0.5, 0.6) is 5.75 Å². The van der Waals surface area contributed by atoms with Crippen molar-refractivity contribution in [3.8, 4) is 5.75 Å². The Bertz CT molecular complexity index is 1610. The zero-order valence-corrected chi connectivity index (χ0v) is 29.6. The number of fused-ring (bicyclic) bond motifs is 4. The first-order chi connectivity index (χ1) is 22.4. The minimum absolute atomic E-state index is 0.0411. The van der Waals surface area contributed by atoms with E-state index in [0.717, 1.165) is 80.9 Å². The molecular formula is C37H49ClN2O6S. The maximum atomic E-state index is 13.5. The predicted octanol–water partition coefficient (Wildman–Crippen LogP) is 6.87. The van der Waals surface area contributed by atoms with Crippen LogP contribution in [0.15, 0.2) is 36.4 Å².